The van der Waals surface area contributed by atoms with E-state index in [0.717, 1.165) is 5.56 Å². The van der Waals surface area contributed by atoms with Gasteiger partial charge in [0.15, 0.2) is 0 Å². The molecule has 0 radical (unpaired) electrons. The minimum absolute atomic E-state index is 0.0209. The van der Waals surface area contributed by atoms with Crippen LogP contribution in [0.5, 0.6) is 5.75 Å². The lowest BCUT2D eigenvalue weighted by molar-refractivity contribution is 0.154. The minimum atomic E-state index is -0.0476. The van der Waals surface area contributed by atoms with Gasteiger partial charge in [-0.2, -0.15) is 0 Å². The molecule has 0 aliphatic rings. The third-order valence-corrected chi connectivity index (χ3v) is 4.42. The quantitative estimate of drug-likeness (QED) is 0.730. The van der Waals surface area contributed by atoms with Crippen LogP contribution in [0.25, 0.3) is 21.9 Å². The van der Waals surface area contributed by atoms with Crippen LogP contribution in [-0.4, -0.2) is 36.8 Å². The molecular weight excluding hydrogens is 306 g/mol. The molecule has 0 bridgehead atoms. The zero-order valence-corrected chi connectivity index (χ0v) is 14.1. The smallest absolute Gasteiger partial charge is 0.200 e. The molecule has 0 aliphatic carbocycles. The summed E-state index contributed by atoms with van der Waals surface area (Å²) >= 11 is 0. The normalized spacial score (nSPS) is 12.9. The van der Waals surface area contributed by atoms with Crippen molar-refractivity contribution in [2.45, 2.75) is 19.5 Å². The zero-order chi connectivity index (χ0) is 17.3. The van der Waals surface area contributed by atoms with Gasteiger partial charge in [-0.3, -0.25) is 9.69 Å². The van der Waals surface area contributed by atoms with E-state index in [0.29, 0.717) is 34.2 Å². The maximum Gasteiger partial charge on any atom is 0.200 e. The average Bonchev–Trinajstić information content (AvgIpc) is 2.61. The summed E-state index contributed by atoms with van der Waals surface area (Å²) in [5, 5.41) is 10.4. The summed E-state index contributed by atoms with van der Waals surface area (Å²) < 4.78 is 11.3. The first kappa shape index (κ1) is 16.5. The van der Waals surface area contributed by atoms with Crippen molar-refractivity contribution in [1.82, 2.24) is 4.90 Å². The van der Waals surface area contributed by atoms with Gasteiger partial charge in [0.25, 0.3) is 0 Å². The zero-order valence-electron chi connectivity index (χ0n) is 14.1. The van der Waals surface area contributed by atoms with Gasteiger partial charge in [-0.1, -0.05) is 12.1 Å². The van der Waals surface area contributed by atoms with Crippen molar-refractivity contribution < 1.29 is 14.3 Å². The summed E-state index contributed by atoms with van der Waals surface area (Å²) in [6.45, 7) is 2.60. The summed E-state index contributed by atoms with van der Waals surface area (Å²) in [5.74, 6) is 0.647. The van der Waals surface area contributed by atoms with E-state index >= 15 is 0 Å². The number of rotatable bonds is 5. The van der Waals surface area contributed by atoms with Crippen LogP contribution in [0.2, 0.25) is 0 Å². The number of para-hydroxylation sites is 1. The topological polar surface area (TPSA) is 62.9 Å². The molecule has 2 aromatic carbocycles. The molecule has 3 aromatic rings. The van der Waals surface area contributed by atoms with Crippen molar-refractivity contribution in [3.05, 3.63) is 52.2 Å². The molecule has 1 aromatic heterocycles. The fraction of sp³-hybridized carbons (Fsp3) is 0.316. The molecule has 0 saturated heterocycles. The van der Waals surface area contributed by atoms with E-state index in [2.05, 4.69) is 0 Å². The van der Waals surface area contributed by atoms with E-state index in [1.807, 2.05) is 31.0 Å². The van der Waals surface area contributed by atoms with Crippen LogP contribution in [0.1, 0.15) is 12.5 Å². The third kappa shape index (κ3) is 2.88. The minimum Gasteiger partial charge on any atom is -0.497 e. The Morgan fingerprint density at radius 3 is 2.75 bits per heavy atom. The number of likely N-dealkylation sites (N-methyl/N-ethyl adjacent to an activating group) is 1. The highest BCUT2D eigenvalue weighted by molar-refractivity contribution is 5.91. The highest BCUT2D eigenvalue weighted by Gasteiger charge is 2.15. The van der Waals surface area contributed by atoms with E-state index in [1.165, 1.54) is 0 Å². The first-order chi connectivity index (χ1) is 11.5. The Bertz CT molecular complexity index is 932. The van der Waals surface area contributed by atoms with E-state index in [-0.39, 0.29) is 18.1 Å². The van der Waals surface area contributed by atoms with E-state index in [4.69, 9.17) is 9.15 Å². The highest BCUT2D eigenvalue weighted by Crippen LogP contribution is 2.25. The molecule has 0 amide bonds. The van der Waals surface area contributed by atoms with Crippen molar-refractivity contribution in [2.75, 3.05) is 20.8 Å². The lowest BCUT2D eigenvalue weighted by Gasteiger charge is -2.23. The van der Waals surface area contributed by atoms with Crippen LogP contribution in [0.3, 0.4) is 0 Å². The van der Waals surface area contributed by atoms with Gasteiger partial charge in [0.05, 0.1) is 24.5 Å². The number of hydrogen-bond donors (Lipinski definition) is 1. The number of ether oxygens (including phenoxy) is 1. The highest BCUT2D eigenvalue weighted by atomic mass is 16.5. The second-order valence-corrected chi connectivity index (χ2v) is 6.03. The predicted octanol–water partition coefficient (Wildman–Crippen LogP) is 2.77. The molecule has 24 heavy (non-hydrogen) atoms. The van der Waals surface area contributed by atoms with Crippen molar-refractivity contribution in [3.63, 3.8) is 0 Å². The number of hydrogen-bond acceptors (Lipinski definition) is 5. The first-order valence-electron chi connectivity index (χ1n) is 7.88. The van der Waals surface area contributed by atoms with Gasteiger partial charge < -0.3 is 14.3 Å². The molecule has 5 nitrogen and oxygen atoms in total. The van der Waals surface area contributed by atoms with E-state index < -0.39 is 0 Å². The molecule has 0 aliphatic heterocycles. The summed E-state index contributed by atoms with van der Waals surface area (Å²) in [7, 11) is 3.51. The second kappa shape index (κ2) is 6.63. The Morgan fingerprint density at radius 1 is 1.25 bits per heavy atom. The standard InChI is InChI=1S/C19H21NO4/c1-12(11-21)20(2)10-13-5-4-6-16-18(22)15-8-7-14(23-3)9-17(15)24-19(13)16/h4-9,12,21H,10-11H2,1-3H3. The van der Waals surface area contributed by atoms with Gasteiger partial charge in [0.1, 0.15) is 16.9 Å². The van der Waals surface area contributed by atoms with Gasteiger partial charge in [-0.25, -0.2) is 0 Å². The van der Waals surface area contributed by atoms with Gasteiger partial charge >= 0.3 is 0 Å². The van der Waals surface area contributed by atoms with Crippen LogP contribution in [0.15, 0.2) is 45.6 Å². The number of aliphatic hydroxyl groups is 1. The van der Waals surface area contributed by atoms with Crippen LogP contribution in [0.4, 0.5) is 0 Å². The van der Waals surface area contributed by atoms with Crippen molar-refractivity contribution >= 4 is 21.9 Å². The summed E-state index contributed by atoms with van der Waals surface area (Å²) in [5.41, 5.74) is 1.96. The van der Waals surface area contributed by atoms with Gasteiger partial charge in [-0.05, 0) is 32.2 Å². The van der Waals surface area contributed by atoms with Gasteiger partial charge in [-0.15, -0.1) is 0 Å². The number of fused-ring (bicyclic) bond motifs is 2. The maximum atomic E-state index is 12.8. The van der Waals surface area contributed by atoms with Crippen molar-refractivity contribution in [1.29, 1.82) is 0 Å². The SMILES string of the molecule is COc1ccc2c(=O)c3cccc(CN(C)C(C)CO)c3oc2c1. The molecule has 5 heteroatoms. The average molecular weight is 327 g/mol. The van der Waals surface area contributed by atoms with Gasteiger partial charge in [0.2, 0.25) is 5.43 Å². The monoisotopic (exact) mass is 327 g/mol. The Hall–Kier alpha value is -2.37. The molecule has 1 unspecified atom stereocenters. The first-order valence-corrected chi connectivity index (χ1v) is 7.88. The fourth-order valence-electron chi connectivity index (χ4n) is 2.73. The number of methoxy groups -OCH3 is 1. The molecule has 1 heterocycles. The molecule has 0 saturated carbocycles. The Morgan fingerprint density at radius 2 is 2.04 bits per heavy atom. The summed E-state index contributed by atoms with van der Waals surface area (Å²) in [6, 6.07) is 10.8. The Labute approximate surface area is 140 Å². The van der Waals surface area contributed by atoms with Crippen LogP contribution >= 0.6 is 0 Å². The molecule has 1 atom stereocenters. The molecular formula is C19H21NO4. The van der Waals surface area contributed by atoms with Crippen molar-refractivity contribution in [3.8, 4) is 5.75 Å². The molecule has 3 rings (SSSR count). The van der Waals surface area contributed by atoms with Crippen LogP contribution < -0.4 is 10.2 Å². The van der Waals surface area contributed by atoms with E-state index in [9.17, 15) is 9.90 Å². The Balaban J connectivity index is 2.19. The predicted molar refractivity (Wildman–Crippen MR) is 94.6 cm³/mol. The molecule has 126 valence electrons. The summed E-state index contributed by atoms with van der Waals surface area (Å²) in [6.07, 6.45) is 0. The van der Waals surface area contributed by atoms with E-state index in [1.54, 1.807) is 31.4 Å². The Kier molecular flexibility index (Phi) is 4.55. The maximum absolute atomic E-state index is 12.8. The number of nitrogens with zero attached hydrogens (tertiary/aromatic N) is 1. The molecule has 1 N–H and O–H groups in total. The van der Waals surface area contributed by atoms with Gasteiger partial charge in [0, 0.05) is 24.2 Å². The molecule has 0 fully saturated rings. The third-order valence-electron chi connectivity index (χ3n) is 4.42. The summed E-state index contributed by atoms with van der Waals surface area (Å²) in [4.78, 5) is 14.8. The second-order valence-electron chi connectivity index (χ2n) is 6.03. The lowest BCUT2D eigenvalue weighted by Crippen LogP contribution is -2.31. The number of aliphatic hydroxyl groups excluding tert-OH is 1. The number of benzene rings is 2. The van der Waals surface area contributed by atoms with Crippen LogP contribution in [0, 0.1) is 0 Å². The largest absolute Gasteiger partial charge is 0.497 e. The lowest BCUT2D eigenvalue weighted by atomic mass is 10.1. The van der Waals surface area contributed by atoms with Crippen LogP contribution in [-0.2, 0) is 6.54 Å². The van der Waals surface area contributed by atoms with Crippen molar-refractivity contribution in [2.24, 2.45) is 0 Å². The fourth-order valence-corrected chi connectivity index (χ4v) is 2.73. The molecule has 0 spiro atoms.